The number of hydrogen-bond donors (Lipinski definition) is 2. The van der Waals surface area contributed by atoms with Gasteiger partial charge in [0.2, 0.25) is 0 Å². The first kappa shape index (κ1) is 19.7. The zero-order valence-electron chi connectivity index (χ0n) is 14.4. The van der Waals surface area contributed by atoms with Crippen LogP contribution in [0.25, 0.3) is 0 Å². The lowest BCUT2D eigenvalue weighted by Crippen LogP contribution is -2.43. The monoisotopic (exact) mass is 344 g/mol. The van der Waals surface area contributed by atoms with Gasteiger partial charge in [0.05, 0.1) is 5.02 Å². The number of ether oxygens (including phenoxy) is 1. The van der Waals surface area contributed by atoms with Crippen molar-refractivity contribution in [2.75, 3.05) is 6.54 Å². The van der Waals surface area contributed by atoms with Gasteiger partial charge >= 0.3 is 6.09 Å². The van der Waals surface area contributed by atoms with Gasteiger partial charge in [-0.05, 0) is 51.8 Å². The Kier molecular flexibility index (Phi) is 7.29. The minimum absolute atomic E-state index is 0.0521. The topological polar surface area (TPSA) is 50.4 Å². The van der Waals surface area contributed by atoms with Gasteiger partial charge < -0.3 is 15.4 Å². The van der Waals surface area contributed by atoms with Crippen LogP contribution in [-0.2, 0) is 4.74 Å². The molecule has 0 aliphatic heterocycles. The van der Waals surface area contributed by atoms with Gasteiger partial charge in [-0.15, -0.1) is 0 Å². The molecule has 0 aliphatic carbocycles. The molecule has 2 unspecified atom stereocenters. The fourth-order valence-electron chi connectivity index (χ4n) is 2.07. The molecule has 6 heteroatoms. The Bertz CT molecular complexity index is 532. The Labute approximate surface area is 142 Å². The Balaban J connectivity index is 2.55. The summed E-state index contributed by atoms with van der Waals surface area (Å²) in [6.07, 6.45) is 0.374. The molecular weight excluding hydrogens is 319 g/mol. The molecule has 0 bridgehead atoms. The third kappa shape index (κ3) is 7.18. The molecule has 4 nitrogen and oxygen atoms in total. The minimum Gasteiger partial charge on any atom is -0.444 e. The van der Waals surface area contributed by atoms with E-state index >= 15 is 0 Å². The molecule has 0 saturated heterocycles. The summed E-state index contributed by atoms with van der Waals surface area (Å²) < 4.78 is 18.7. The molecule has 1 aromatic rings. The summed E-state index contributed by atoms with van der Waals surface area (Å²) in [5, 5.41) is 6.23. The van der Waals surface area contributed by atoms with Crippen LogP contribution in [0.1, 0.15) is 52.6 Å². The predicted molar refractivity (Wildman–Crippen MR) is 91.3 cm³/mol. The van der Waals surface area contributed by atoms with Crippen LogP contribution in [0.3, 0.4) is 0 Å². The lowest BCUT2D eigenvalue weighted by molar-refractivity contribution is 0.0521. The fraction of sp³-hybridized carbons (Fsp3) is 0.588. The summed E-state index contributed by atoms with van der Waals surface area (Å²) in [5.41, 5.74) is 0.287. The minimum atomic E-state index is -0.520. The summed E-state index contributed by atoms with van der Waals surface area (Å²) in [6, 6.07) is 4.75. The van der Waals surface area contributed by atoms with Crippen LogP contribution >= 0.6 is 11.6 Å². The smallest absolute Gasteiger partial charge is 0.407 e. The van der Waals surface area contributed by atoms with E-state index in [-0.39, 0.29) is 17.1 Å². The molecule has 1 rings (SSSR count). The van der Waals surface area contributed by atoms with Crippen LogP contribution in [0.4, 0.5) is 9.18 Å². The quantitative estimate of drug-likeness (QED) is 0.802. The molecule has 0 saturated carbocycles. The van der Waals surface area contributed by atoms with Crippen molar-refractivity contribution in [2.24, 2.45) is 0 Å². The van der Waals surface area contributed by atoms with Gasteiger partial charge in [0, 0.05) is 18.6 Å². The summed E-state index contributed by atoms with van der Waals surface area (Å²) in [6.45, 7) is 9.85. The molecule has 0 radical (unpaired) electrons. The molecule has 23 heavy (non-hydrogen) atoms. The number of benzene rings is 1. The first-order valence-electron chi connectivity index (χ1n) is 7.80. The number of alkyl carbamates (subject to hydrolysis) is 1. The van der Waals surface area contributed by atoms with Crippen LogP contribution in [0, 0.1) is 5.82 Å². The predicted octanol–water partition coefficient (Wildman–Crippen LogP) is 4.43. The maximum absolute atomic E-state index is 13.5. The molecule has 0 aromatic heterocycles. The number of hydrogen-bond acceptors (Lipinski definition) is 3. The Morgan fingerprint density at radius 2 is 2.04 bits per heavy atom. The van der Waals surface area contributed by atoms with Crippen molar-refractivity contribution in [3.8, 4) is 0 Å². The van der Waals surface area contributed by atoms with Crippen LogP contribution < -0.4 is 10.6 Å². The average molecular weight is 345 g/mol. The lowest BCUT2D eigenvalue weighted by atomic mass is 10.1. The van der Waals surface area contributed by atoms with Crippen molar-refractivity contribution in [3.05, 3.63) is 34.6 Å². The van der Waals surface area contributed by atoms with Gasteiger partial charge in [-0.1, -0.05) is 24.6 Å². The van der Waals surface area contributed by atoms with Crippen LogP contribution in [0.2, 0.25) is 5.02 Å². The number of amides is 1. The van der Waals surface area contributed by atoms with Gasteiger partial charge in [0.15, 0.2) is 0 Å². The highest BCUT2D eigenvalue weighted by molar-refractivity contribution is 6.30. The van der Waals surface area contributed by atoms with E-state index < -0.39 is 17.5 Å². The Hall–Kier alpha value is -1.33. The standard InChI is InChI=1S/C17H26ClFN2O2/c1-6-13(10-20-16(22)23-17(3,4)5)21-11(2)12-7-8-14(18)15(19)9-12/h7-9,11,13,21H,6,10H2,1-5H3,(H,20,22). The number of nitrogens with one attached hydrogen (secondary N) is 2. The zero-order chi connectivity index (χ0) is 17.6. The molecular formula is C17H26ClFN2O2. The van der Waals surface area contributed by atoms with Crippen molar-refractivity contribution >= 4 is 17.7 Å². The molecule has 0 aliphatic rings. The Morgan fingerprint density at radius 3 is 2.57 bits per heavy atom. The van der Waals surface area contributed by atoms with E-state index in [0.717, 1.165) is 12.0 Å². The lowest BCUT2D eigenvalue weighted by Gasteiger charge is -2.24. The van der Waals surface area contributed by atoms with E-state index in [1.165, 1.54) is 6.07 Å². The van der Waals surface area contributed by atoms with Crippen LogP contribution in [0.15, 0.2) is 18.2 Å². The van der Waals surface area contributed by atoms with E-state index in [2.05, 4.69) is 10.6 Å². The van der Waals surface area contributed by atoms with Gasteiger partial charge in [0.1, 0.15) is 11.4 Å². The SMILES string of the molecule is CCC(CNC(=O)OC(C)(C)C)NC(C)c1ccc(Cl)c(F)c1. The largest absolute Gasteiger partial charge is 0.444 e. The van der Waals surface area contributed by atoms with E-state index in [0.29, 0.717) is 6.54 Å². The highest BCUT2D eigenvalue weighted by Crippen LogP contribution is 2.20. The van der Waals surface area contributed by atoms with Crippen LogP contribution in [0.5, 0.6) is 0 Å². The van der Waals surface area contributed by atoms with Gasteiger partial charge in [-0.3, -0.25) is 0 Å². The average Bonchev–Trinajstić information content (AvgIpc) is 2.44. The van der Waals surface area contributed by atoms with Crippen molar-refractivity contribution in [2.45, 2.75) is 58.7 Å². The second kappa shape index (κ2) is 8.50. The second-order valence-electron chi connectivity index (χ2n) is 6.55. The van der Waals surface area contributed by atoms with E-state index in [9.17, 15) is 9.18 Å². The van der Waals surface area contributed by atoms with Crippen molar-refractivity contribution in [3.63, 3.8) is 0 Å². The third-order valence-corrected chi connectivity index (χ3v) is 3.62. The van der Waals surface area contributed by atoms with Crippen molar-refractivity contribution in [1.29, 1.82) is 0 Å². The Morgan fingerprint density at radius 1 is 1.39 bits per heavy atom. The van der Waals surface area contributed by atoms with E-state index in [1.807, 2.05) is 34.6 Å². The molecule has 1 amide bonds. The number of halogens is 2. The van der Waals surface area contributed by atoms with E-state index in [1.54, 1.807) is 12.1 Å². The number of rotatable bonds is 6. The fourth-order valence-corrected chi connectivity index (χ4v) is 2.19. The van der Waals surface area contributed by atoms with Gasteiger partial charge in [-0.25, -0.2) is 9.18 Å². The van der Waals surface area contributed by atoms with Gasteiger partial charge in [-0.2, -0.15) is 0 Å². The molecule has 0 spiro atoms. The van der Waals surface area contributed by atoms with Crippen LogP contribution in [-0.4, -0.2) is 24.3 Å². The summed E-state index contributed by atoms with van der Waals surface area (Å²) in [5.74, 6) is -0.433. The maximum Gasteiger partial charge on any atom is 0.407 e. The van der Waals surface area contributed by atoms with Gasteiger partial charge in [0.25, 0.3) is 0 Å². The summed E-state index contributed by atoms with van der Waals surface area (Å²) in [7, 11) is 0. The highest BCUT2D eigenvalue weighted by atomic mass is 35.5. The highest BCUT2D eigenvalue weighted by Gasteiger charge is 2.18. The molecule has 0 fully saturated rings. The number of carbonyl (C=O) groups excluding carboxylic acids is 1. The first-order valence-corrected chi connectivity index (χ1v) is 8.18. The molecule has 130 valence electrons. The summed E-state index contributed by atoms with van der Waals surface area (Å²) >= 11 is 5.70. The zero-order valence-corrected chi connectivity index (χ0v) is 15.1. The van der Waals surface area contributed by atoms with Crippen molar-refractivity contribution in [1.82, 2.24) is 10.6 Å². The molecule has 0 heterocycles. The van der Waals surface area contributed by atoms with Crippen molar-refractivity contribution < 1.29 is 13.9 Å². The van der Waals surface area contributed by atoms with E-state index in [4.69, 9.17) is 16.3 Å². The normalized spacial score (nSPS) is 14.2. The maximum atomic E-state index is 13.5. The summed E-state index contributed by atoms with van der Waals surface area (Å²) in [4.78, 5) is 11.7. The molecule has 1 aromatic carbocycles. The number of carbonyl (C=O) groups is 1. The second-order valence-corrected chi connectivity index (χ2v) is 6.96. The molecule has 2 N–H and O–H groups in total. The molecule has 2 atom stereocenters. The first-order chi connectivity index (χ1) is 10.6. The third-order valence-electron chi connectivity index (χ3n) is 3.31.